The van der Waals surface area contributed by atoms with Gasteiger partial charge in [0, 0.05) is 15.5 Å². The molecule has 2 aromatic rings. The normalized spacial score (nSPS) is 11.2. The summed E-state index contributed by atoms with van der Waals surface area (Å²) >= 11 is 1.88. The lowest BCUT2D eigenvalue weighted by Gasteiger charge is -2.07. The third-order valence-corrected chi connectivity index (χ3v) is 4.74. The van der Waals surface area contributed by atoms with Crippen LogP contribution in [0, 0.1) is 9.39 Å². The van der Waals surface area contributed by atoms with Gasteiger partial charge < -0.3 is 5.32 Å². The SMILES string of the molecule is CS(=O)(=O)c1ccc(NC(=O)c2ccc(F)cc2I)cc1. The van der Waals surface area contributed by atoms with Gasteiger partial charge in [-0.05, 0) is 65.1 Å². The molecule has 4 nitrogen and oxygen atoms in total. The first-order valence-corrected chi connectivity index (χ1v) is 8.81. The first-order chi connectivity index (χ1) is 9.77. The lowest BCUT2D eigenvalue weighted by molar-refractivity contribution is 0.102. The van der Waals surface area contributed by atoms with Crippen molar-refractivity contribution < 1.29 is 17.6 Å². The largest absolute Gasteiger partial charge is 0.322 e. The monoisotopic (exact) mass is 419 g/mol. The van der Waals surface area contributed by atoms with Crippen molar-refractivity contribution in [2.45, 2.75) is 4.90 Å². The molecule has 110 valence electrons. The summed E-state index contributed by atoms with van der Waals surface area (Å²) in [6.07, 6.45) is 1.11. The first kappa shape index (κ1) is 15.9. The average Bonchev–Trinajstić information content (AvgIpc) is 2.38. The van der Waals surface area contributed by atoms with Gasteiger partial charge in [0.15, 0.2) is 9.84 Å². The molecule has 0 atom stereocenters. The van der Waals surface area contributed by atoms with E-state index in [9.17, 15) is 17.6 Å². The molecule has 0 unspecified atom stereocenters. The maximum absolute atomic E-state index is 13.0. The molecule has 1 amide bonds. The van der Waals surface area contributed by atoms with Gasteiger partial charge in [-0.25, -0.2) is 12.8 Å². The molecule has 0 aliphatic rings. The topological polar surface area (TPSA) is 63.2 Å². The van der Waals surface area contributed by atoms with Crippen molar-refractivity contribution in [3.63, 3.8) is 0 Å². The fraction of sp³-hybridized carbons (Fsp3) is 0.0714. The second kappa shape index (κ2) is 6.10. The van der Waals surface area contributed by atoms with Crippen molar-refractivity contribution in [2.75, 3.05) is 11.6 Å². The molecule has 0 spiro atoms. The summed E-state index contributed by atoms with van der Waals surface area (Å²) in [6, 6.07) is 9.72. The Morgan fingerprint density at radius 3 is 2.29 bits per heavy atom. The van der Waals surface area contributed by atoms with E-state index in [1.165, 1.54) is 42.5 Å². The van der Waals surface area contributed by atoms with Crippen LogP contribution in [0.25, 0.3) is 0 Å². The fourth-order valence-corrected chi connectivity index (χ4v) is 3.01. The zero-order valence-corrected chi connectivity index (χ0v) is 13.9. The Kier molecular flexibility index (Phi) is 4.62. The van der Waals surface area contributed by atoms with E-state index in [0.29, 0.717) is 14.8 Å². The quantitative estimate of drug-likeness (QED) is 0.778. The van der Waals surface area contributed by atoms with Gasteiger partial charge >= 0.3 is 0 Å². The van der Waals surface area contributed by atoms with Crippen LogP contribution in [0.2, 0.25) is 0 Å². The van der Waals surface area contributed by atoms with Gasteiger partial charge in [0.1, 0.15) is 5.82 Å². The molecular weight excluding hydrogens is 408 g/mol. The molecule has 21 heavy (non-hydrogen) atoms. The fourth-order valence-electron chi connectivity index (χ4n) is 1.66. The number of hydrogen-bond donors (Lipinski definition) is 1. The van der Waals surface area contributed by atoms with Crippen molar-refractivity contribution in [1.29, 1.82) is 0 Å². The Morgan fingerprint density at radius 1 is 1.14 bits per heavy atom. The number of amides is 1. The van der Waals surface area contributed by atoms with E-state index in [2.05, 4.69) is 5.32 Å². The Balaban J connectivity index is 2.20. The van der Waals surface area contributed by atoms with Crippen LogP contribution in [-0.2, 0) is 9.84 Å². The number of rotatable bonds is 3. The zero-order chi connectivity index (χ0) is 15.6. The molecule has 0 fully saturated rings. The van der Waals surface area contributed by atoms with E-state index < -0.39 is 15.7 Å². The van der Waals surface area contributed by atoms with E-state index in [0.717, 1.165) is 6.26 Å². The average molecular weight is 419 g/mol. The van der Waals surface area contributed by atoms with Gasteiger partial charge in [-0.3, -0.25) is 4.79 Å². The lowest BCUT2D eigenvalue weighted by atomic mass is 10.2. The van der Waals surface area contributed by atoms with E-state index in [4.69, 9.17) is 0 Å². The molecule has 0 aromatic heterocycles. The lowest BCUT2D eigenvalue weighted by Crippen LogP contribution is -2.13. The number of carbonyl (C=O) groups excluding carboxylic acids is 1. The maximum Gasteiger partial charge on any atom is 0.256 e. The molecule has 0 heterocycles. The van der Waals surface area contributed by atoms with Gasteiger partial charge in [0.05, 0.1) is 10.5 Å². The predicted octanol–water partition coefficient (Wildman–Crippen LogP) is 3.09. The molecule has 0 aliphatic carbocycles. The summed E-state index contributed by atoms with van der Waals surface area (Å²) in [5.74, 6) is -0.792. The Labute approximate surface area is 135 Å². The zero-order valence-electron chi connectivity index (χ0n) is 10.9. The van der Waals surface area contributed by atoms with Gasteiger partial charge in [0.2, 0.25) is 0 Å². The van der Waals surface area contributed by atoms with Gasteiger partial charge in [-0.15, -0.1) is 0 Å². The molecule has 0 saturated carbocycles. The third kappa shape index (κ3) is 4.01. The van der Waals surface area contributed by atoms with Gasteiger partial charge in [-0.1, -0.05) is 0 Å². The summed E-state index contributed by atoms with van der Waals surface area (Å²) in [7, 11) is -3.27. The second-order valence-electron chi connectivity index (χ2n) is 4.37. The minimum atomic E-state index is -3.27. The standard InChI is InChI=1S/C14H11FINO3S/c1-21(19,20)11-5-3-10(4-6-11)17-14(18)12-7-2-9(15)8-13(12)16/h2-8H,1H3,(H,17,18). The minimum Gasteiger partial charge on any atom is -0.322 e. The van der Waals surface area contributed by atoms with Crippen molar-refractivity contribution in [3.8, 4) is 0 Å². The molecule has 7 heteroatoms. The number of benzene rings is 2. The molecule has 0 radical (unpaired) electrons. The second-order valence-corrected chi connectivity index (χ2v) is 7.55. The minimum absolute atomic E-state index is 0.178. The van der Waals surface area contributed by atoms with E-state index in [-0.39, 0.29) is 10.8 Å². The maximum atomic E-state index is 13.0. The van der Waals surface area contributed by atoms with Crippen molar-refractivity contribution in [3.05, 3.63) is 57.4 Å². The van der Waals surface area contributed by atoms with Crippen LogP contribution in [-0.4, -0.2) is 20.6 Å². The summed E-state index contributed by atoms with van der Waals surface area (Å²) < 4.78 is 36.2. The van der Waals surface area contributed by atoms with Crippen molar-refractivity contribution in [1.82, 2.24) is 0 Å². The number of hydrogen-bond acceptors (Lipinski definition) is 3. The third-order valence-electron chi connectivity index (χ3n) is 2.72. The summed E-state index contributed by atoms with van der Waals surface area (Å²) in [6.45, 7) is 0. The van der Waals surface area contributed by atoms with Gasteiger partial charge in [0.25, 0.3) is 5.91 Å². The summed E-state index contributed by atoms with van der Waals surface area (Å²) in [4.78, 5) is 12.2. The molecule has 0 saturated heterocycles. The van der Waals surface area contributed by atoms with Crippen LogP contribution in [0.3, 0.4) is 0 Å². The van der Waals surface area contributed by atoms with E-state index in [1.54, 1.807) is 0 Å². The number of halogens is 2. The highest BCUT2D eigenvalue weighted by Crippen LogP contribution is 2.18. The first-order valence-electron chi connectivity index (χ1n) is 5.84. The molecule has 2 rings (SSSR count). The number of nitrogens with one attached hydrogen (secondary N) is 1. The highest BCUT2D eigenvalue weighted by atomic mass is 127. The number of anilines is 1. The molecule has 0 bridgehead atoms. The Morgan fingerprint density at radius 2 is 1.76 bits per heavy atom. The molecule has 2 aromatic carbocycles. The van der Waals surface area contributed by atoms with Crippen molar-refractivity contribution >= 4 is 44.0 Å². The molecule has 1 N–H and O–H groups in total. The summed E-state index contributed by atoms with van der Waals surface area (Å²) in [5, 5.41) is 2.64. The van der Waals surface area contributed by atoms with Gasteiger partial charge in [-0.2, -0.15) is 0 Å². The highest BCUT2D eigenvalue weighted by Gasteiger charge is 2.12. The van der Waals surface area contributed by atoms with Crippen LogP contribution >= 0.6 is 22.6 Å². The Hall–Kier alpha value is -1.48. The Bertz CT molecular complexity index is 788. The smallest absolute Gasteiger partial charge is 0.256 e. The van der Waals surface area contributed by atoms with Crippen LogP contribution in [0.15, 0.2) is 47.4 Å². The number of sulfone groups is 1. The van der Waals surface area contributed by atoms with Crippen LogP contribution in [0.5, 0.6) is 0 Å². The molecule has 0 aliphatic heterocycles. The highest BCUT2D eigenvalue weighted by molar-refractivity contribution is 14.1. The summed E-state index contributed by atoms with van der Waals surface area (Å²) in [5.41, 5.74) is 0.816. The number of carbonyl (C=O) groups is 1. The van der Waals surface area contributed by atoms with Crippen LogP contribution < -0.4 is 5.32 Å². The van der Waals surface area contributed by atoms with Crippen molar-refractivity contribution in [2.24, 2.45) is 0 Å². The predicted molar refractivity (Wildman–Crippen MR) is 86.6 cm³/mol. The molecular formula is C14H11FINO3S. The van der Waals surface area contributed by atoms with Crippen LogP contribution in [0.4, 0.5) is 10.1 Å². The van der Waals surface area contributed by atoms with E-state index in [1.807, 2.05) is 22.6 Å². The van der Waals surface area contributed by atoms with Crippen LogP contribution in [0.1, 0.15) is 10.4 Å². The van der Waals surface area contributed by atoms with E-state index >= 15 is 0 Å².